The number of nitrogens with two attached hydrogens (primary N) is 1. The number of aliphatic hydroxyl groups excluding tert-OH is 2. The van der Waals surface area contributed by atoms with Gasteiger partial charge in [-0.1, -0.05) is 82.3 Å². The minimum atomic E-state index is -1.90. The zero-order valence-electron chi connectivity index (χ0n) is 55.6. The lowest BCUT2D eigenvalue weighted by atomic mass is 10.0. The Morgan fingerprint density at radius 2 is 1.19 bits per heavy atom. The number of carbonyl (C=O) groups excluding carboxylic acids is 8. The average molecular weight is 1440 g/mol. The fraction of sp³-hybridized carbons (Fsp3) is 0.523. The molecular formula is C65H92N14O19S2. The lowest BCUT2D eigenvalue weighted by Gasteiger charge is -2.33. The number of carboxylic acid groups (broad SMARTS) is 3. The molecule has 33 nitrogen and oxygen atoms in total. The number of unbranched alkanes of at least 4 members (excludes halogenated alkanes) is 1. The first-order valence-corrected chi connectivity index (χ1v) is 35.2. The fourth-order valence-electron chi connectivity index (χ4n) is 11.1. The number of nitrogens with one attached hydrogen (secondary N) is 9. The molecule has 6 rings (SSSR count). The largest absolute Gasteiger partial charge is 0.508 e. The van der Waals surface area contributed by atoms with Gasteiger partial charge in [-0.3, -0.25) is 72.8 Å². The van der Waals surface area contributed by atoms with Crippen molar-refractivity contribution in [2.45, 2.75) is 113 Å². The Kier molecular flexibility index (Phi) is 33.2. The molecule has 18 N–H and O–H groups in total. The number of aromatic hydroxyl groups is 1. The molecule has 0 aliphatic carbocycles. The Labute approximate surface area is 585 Å². The van der Waals surface area contributed by atoms with Crippen LogP contribution < -0.4 is 48.3 Å². The lowest BCUT2D eigenvalue weighted by Crippen LogP contribution is -2.62. The molecular weight excluding hydrogens is 1340 g/mol. The van der Waals surface area contributed by atoms with Gasteiger partial charge in [-0.15, -0.1) is 0 Å². The highest BCUT2D eigenvalue weighted by molar-refractivity contribution is 8.76. The van der Waals surface area contributed by atoms with E-state index in [-0.39, 0.29) is 116 Å². The predicted molar refractivity (Wildman–Crippen MR) is 368 cm³/mol. The molecule has 1 aromatic heterocycles. The van der Waals surface area contributed by atoms with Gasteiger partial charge < -0.3 is 83.9 Å². The van der Waals surface area contributed by atoms with Crippen molar-refractivity contribution in [3.05, 3.63) is 102 Å². The summed E-state index contributed by atoms with van der Waals surface area (Å²) in [4.78, 5) is 169. The molecule has 10 atom stereocenters. The molecule has 2 aliphatic heterocycles. The molecule has 0 unspecified atom stereocenters. The summed E-state index contributed by atoms with van der Waals surface area (Å²) in [5.41, 5.74) is 8.02. The van der Waals surface area contributed by atoms with Crippen molar-refractivity contribution in [3.63, 3.8) is 0 Å². The van der Waals surface area contributed by atoms with Crippen LogP contribution in [0.3, 0.4) is 0 Å². The number of aromatic amines is 1. The quantitative estimate of drug-likeness (QED) is 0.0123. The summed E-state index contributed by atoms with van der Waals surface area (Å²) in [6.07, 6.45) is -1.83. The van der Waals surface area contributed by atoms with Crippen LogP contribution in [0.25, 0.3) is 10.9 Å². The number of fused-ring (bicyclic) bond motifs is 1. The maximum absolute atomic E-state index is 15.3. The van der Waals surface area contributed by atoms with Crippen LogP contribution >= 0.6 is 21.6 Å². The zero-order chi connectivity index (χ0) is 72.8. The number of benzene rings is 3. The Morgan fingerprint density at radius 1 is 0.630 bits per heavy atom. The van der Waals surface area contributed by atoms with Crippen molar-refractivity contribution in [2.75, 3.05) is 103 Å². The number of hydrogen-bond donors (Lipinski definition) is 17. The van der Waals surface area contributed by atoms with Gasteiger partial charge in [0, 0.05) is 107 Å². The van der Waals surface area contributed by atoms with E-state index in [1.807, 2.05) is 4.90 Å². The highest BCUT2D eigenvalue weighted by atomic mass is 33.1. The first-order chi connectivity index (χ1) is 47.8. The van der Waals surface area contributed by atoms with Gasteiger partial charge in [-0.25, -0.2) is 9.68 Å². The van der Waals surface area contributed by atoms with Gasteiger partial charge in [0.1, 0.15) is 48.0 Å². The van der Waals surface area contributed by atoms with E-state index >= 15 is 14.4 Å². The van der Waals surface area contributed by atoms with Crippen LogP contribution in [0.1, 0.15) is 49.8 Å². The predicted octanol–water partition coefficient (Wildman–Crippen LogP) is -2.97. The highest BCUT2D eigenvalue weighted by Gasteiger charge is 2.38. The van der Waals surface area contributed by atoms with Gasteiger partial charge in [0.2, 0.25) is 47.3 Å². The van der Waals surface area contributed by atoms with E-state index < -0.39 is 144 Å². The summed E-state index contributed by atoms with van der Waals surface area (Å²) < 4.78 is 0. The Balaban J connectivity index is 1.41. The molecule has 0 radical (unpaired) electrons. The van der Waals surface area contributed by atoms with Crippen LogP contribution in [-0.2, 0) is 76.9 Å². The van der Waals surface area contributed by atoms with Gasteiger partial charge in [0.25, 0.3) is 0 Å². The number of nitrogens with zero attached hydrogens (tertiary/aromatic N) is 4. The van der Waals surface area contributed by atoms with Crippen LogP contribution in [0.5, 0.6) is 5.75 Å². The number of aromatic nitrogens is 1. The number of carboxylic acids is 3. The molecule has 8 amide bonds. The number of amides is 8. The smallest absolute Gasteiger partial charge is 0.328 e. The lowest BCUT2D eigenvalue weighted by molar-refractivity contribution is -0.244. The van der Waals surface area contributed by atoms with E-state index in [1.54, 1.807) is 75.5 Å². The molecule has 2 aliphatic rings. The van der Waals surface area contributed by atoms with Crippen LogP contribution in [0.2, 0.25) is 0 Å². The average Bonchev–Trinajstić information content (AvgIpc) is 1.64. The second-order valence-corrected chi connectivity index (χ2v) is 27.0. The summed E-state index contributed by atoms with van der Waals surface area (Å²) in [6, 6.07) is 8.20. The number of phenols is 1. The Bertz CT molecular complexity index is 3370. The number of H-pyrrole nitrogens is 1. The minimum absolute atomic E-state index is 0.0807. The first-order valence-electron chi connectivity index (χ1n) is 32.7. The van der Waals surface area contributed by atoms with Crippen molar-refractivity contribution in [2.24, 2.45) is 5.73 Å². The third-order valence-electron chi connectivity index (χ3n) is 16.7. The third-order valence-corrected chi connectivity index (χ3v) is 19.1. The van der Waals surface area contributed by atoms with Gasteiger partial charge in [-0.2, -0.15) is 0 Å². The van der Waals surface area contributed by atoms with Crippen LogP contribution in [-0.4, -0.2) is 289 Å². The second kappa shape index (κ2) is 41.3. The standard InChI is InChI=1S/C65H92N14O19S2/c1-39(80)56-64(94)73-52(63(93)75-57(40(2)81)65(95)96)38-100-99-37-51(72-59(89)48(30-41-10-4-3-5-11-41)68-53(83)34-77-22-20-76(28-29-98-97)21-23-78(35-54(84)85)26-27-79(25-24-77)36-55(86)87)62(92)70-49(31-42-15-17-44(82)18-16-42)60(90)71-50(32-43-33-67-46-13-7-6-12-45(43)46)61(91)69-47(58(88)74-56)14-8-9-19-66/h3-7,10-13,15-18,33,39-40,47-52,56-57,67,80-82,97H,8-9,14,19-32,34-38,66H2,1-2H3,(H,68,83)(H,69,91)(H,70,92)(H,71,90)(H,72,89)(H,73,94)(H,74,88)(H,75,93)(H,84,85)(H,86,87)(H,95,96)/t39-,40-,47-,48+,49-,50+,51+,52+,56-,57+/m1/s1. The normalized spacial score (nSPS) is 21.9. The molecule has 100 heavy (non-hydrogen) atoms. The summed E-state index contributed by atoms with van der Waals surface area (Å²) in [5, 5.41) is 92.1. The molecule has 0 bridgehead atoms. The fourth-order valence-corrected chi connectivity index (χ4v) is 13.5. The Morgan fingerprint density at radius 3 is 1.78 bits per heavy atom. The maximum Gasteiger partial charge on any atom is 0.328 e. The summed E-state index contributed by atoms with van der Waals surface area (Å²) in [7, 11) is 1.69. The minimum Gasteiger partial charge on any atom is -0.508 e. The summed E-state index contributed by atoms with van der Waals surface area (Å²) in [5.74, 6) is -12.5. The van der Waals surface area contributed by atoms with Gasteiger partial charge in [0.15, 0.2) is 6.04 Å². The zero-order valence-corrected chi connectivity index (χ0v) is 57.3. The van der Waals surface area contributed by atoms with Crippen molar-refractivity contribution < 1.29 is 93.5 Å². The van der Waals surface area contributed by atoms with Crippen molar-refractivity contribution >= 4 is 97.7 Å². The Hall–Kier alpha value is -8.49. The van der Waals surface area contributed by atoms with E-state index in [4.69, 9.17) is 5.73 Å². The summed E-state index contributed by atoms with van der Waals surface area (Å²) >= 11 is 0. The van der Waals surface area contributed by atoms with E-state index in [0.29, 0.717) is 40.6 Å². The number of carbonyl (C=O) groups is 11. The molecule has 4 aromatic rings. The molecule has 548 valence electrons. The second-order valence-electron chi connectivity index (χ2n) is 24.5. The van der Waals surface area contributed by atoms with E-state index in [0.717, 1.165) is 28.5 Å². The molecule has 3 aromatic carbocycles. The number of phenolic OH excluding ortho intramolecular Hbond substituents is 1. The number of aliphatic hydroxyl groups is 2. The first kappa shape index (κ1) is 80.5. The number of aliphatic carboxylic acids is 3. The van der Waals surface area contributed by atoms with E-state index in [9.17, 15) is 74.3 Å². The maximum atomic E-state index is 15.3. The monoisotopic (exact) mass is 1440 g/mol. The van der Waals surface area contributed by atoms with Crippen LogP contribution in [0.15, 0.2) is 85.1 Å². The van der Waals surface area contributed by atoms with Crippen molar-refractivity contribution in [1.82, 2.24) is 67.1 Å². The number of para-hydroxylation sites is 1. The van der Waals surface area contributed by atoms with Gasteiger partial charge in [0.05, 0.1) is 38.4 Å². The van der Waals surface area contributed by atoms with Crippen LogP contribution in [0, 0.1) is 0 Å². The van der Waals surface area contributed by atoms with E-state index in [2.05, 4.69) is 52.4 Å². The number of hydrogen-bond acceptors (Lipinski definition) is 23. The SMILES string of the molecule is C[C@@H](O)[C@H](NC(=O)[C@@H]1CSSC[C@H](NC(=O)[C@H](Cc2ccccc2)NC(=O)CN2CCN(CCOO)CCN(CC(=O)O)CCN(CC(=O)O)CC2)C(=O)N[C@H](Cc2ccc(O)cc2)C(=O)N[C@@H](Cc2c[nH]c3ccccc23)C(=O)N[C@H](CCCCN)C(=O)N[C@H]([C@@H](C)O)C(=O)N1)C(=O)O. The molecule has 0 spiro atoms. The number of rotatable bonds is 27. The summed E-state index contributed by atoms with van der Waals surface area (Å²) in [6.45, 7) is 3.07. The van der Waals surface area contributed by atoms with Gasteiger partial charge >= 0.3 is 17.9 Å². The third kappa shape index (κ3) is 26.9. The molecule has 2 saturated heterocycles. The van der Waals surface area contributed by atoms with Crippen molar-refractivity contribution in [1.29, 1.82) is 0 Å². The van der Waals surface area contributed by atoms with Gasteiger partial charge in [-0.05, 0) is 74.5 Å². The molecule has 3 heterocycles. The highest BCUT2D eigenvalue weighted by Crippen LogP contribution is 2.25. The topological polar surface area (TPSA) is 490 Å². The van der Waals surface area contributed by atoms with Crippen LogP contribution in [0.4, 0.5) is 0 Å². The molecule has 0 saturated carbocycles. The molecule has 35 heteroatoms. The van der Waals surface area contributed by atoms with E-state index in [1.165, 1.54) is 31.2 Å². The van der Waals surface area contributed by atoms with Crippen molar-refractivity contribution in [3.8, 4) is 5.75 Å². The molecule has 2 fully saturated rings.